The van der Waals surface area contributed by atoms with Gasteiger partial charge in [-0.1, -0.05) is 19.1 Å². The molecule has 0 radical (unpaired) electrons. The first kappa shape index (κ1) is 16.7. The van der Waals surface area contributed by atoms with E-state index in [0.717, 1.165) is 33.3 Å². The van der Waals surface area contributed by atoms with E-state index >= 15 is 0 Å². The van der Waals surface area contributed by atoms with E-state index in [1.165, 1.54) is 4.88 Å². The Morgan fingerprint density at radius 1 is 1.42 bits per heavy atom. The van der Waals surface area contributed by atoms with Crippen LogP contribution in [-0.4, -0.2) is 23.5 Å². The third kappa shape index (κ3) is 2.96. The number of hydrogen-bond acceptors (Lipinski definition) is 4. The van der Waals surface area contributed by atoms with Gasteiger partial charge in [-0.25, -0.2) is 4.98 Å². The van der Waals surface area contributed by atoms with Crippen LogP contribution >= 0.6 is 11.3 Å². The van der Waals surface area contributed by atoms with E-state index < -0.39 is 6.10 Å². The SMILES string of the molecule is C=C(C)CN1C(=O)C(CC)Oc2ccc(-c3nc(C)sc3C)cc21. The number of ether oxygens (including phenoxy) is 1. The molecule has 1 aliphatic rings. The highest BCUT2D eigenvalue weighted by Crippen LogP contribution is 2.39. The van der Waals surface area contributed by atoms with Crippen LogP contribution in [0, 0.1) is 13.8 Å². The number of carbonyl (C=O) groups excluding carboxylic acids is 1. The average molecular weight is 342 g/mol. The summed E-state index contributed by atoms with van der Waals surface area (Å²) in [7, 11) is 0. The van der Waals surface area contributed by atoms with Gasteiger partial charge in [0.25, 0.3) is 5.91 Å². The molecule has 0 fully saturated rings. The van der Waals surface area contributed by atoms with Gasteiger partial charge < -0.3 is 9.64 Å². The van der Waals surface area contributed by atoms with Crippen LogP contribution in [0.3, 0.4) is 0 Å². The van der Waals surface area contributed by atoms with Gasteiger partial charge in [-0.15, -0.1) is 11.3 Å². The zero-order chi connectivity index (χ0) is 17.4. The molecule has 24 heavy (non-hydrogen) atoms. The third-order valence-corrected chi connectivity index (χ3v) is 4.92. The Balaban J connectivity index is 2.09. The first-order valence-corrected chi connectivity index (χ1v) is 8.93. The van der Waals surface area contributed by atoms with Crippen LogP contribution in [0.1, 0.15) is 30.2 Å². The Hall–Kier alpha value is -2.14. The first-order chi connectivity index (χ1) is 11.4. The van der Waals surface area contributed by atoms with E-state index in [9.17, 15) is 4.79 Å². The van der Waals surface area contributed by atoms with Crippen molar-refractivity contribution in [3.63, 3.8) is 0 Å². The summed E-state index contributed by atoms with van der Waals surface area (Å²) in [5.41, 5.74) is 3.72. The summed E-state index contributed by atoms with van der Waals surface area (Å²) in [4.78, 5) is 20.3. The van der Waals surface area contributed by atoms with Gasteiger partial charge in [-0.05, 0) is 45.4 Å². The summed E-state index contributed by atoms with van der Waals surface area (Å²) in [6.45, 7) is 12.4. The fraction of sp³-hybridized carbons (Fsp3) is 0.368. The second kappa shape index (κ2) is 6.40. The van der Waals surface area contributed by atoms with Crippen LogP contribution in [0.2, 0.25) is 0 Å². The molecule has 1 aromatic carbocycles. The van der Waals surface area contributed by atoms with Crippen molar-refractivity contribution in [1.82, 2.24) is 4.98 Å². The number of hydrogen-bond donors (Lipinski definition) is 0. The molecule has 3 rings (SSSR count). The molecule has 1 aromatic heterocycles. The van der Waals surface area contributed by atoms with Crippen molar-refractivity contribution in [2.45, 2.75) is 40.2 Å². The van der Waals surface area contributed by atoms with Crippen molar-refractivity contribution in [3.8, 4) is 17.0 Å². The standard InChI is InChI=1S/C19H22N2O2S/c1-6-16-19(22)21(10-11(2)3)15-9-14(7-8-17(15)23-16)18-12(4)24-13(5)20-18/h7-9,16H,2,6,10H2,1,3-5H3. The van der Waals surface area contributed by atoms with Crippen LogP contribution in [0.5, 0.6) is 5.75 Å². The number of rotatable bonds is 4. The number of aromatic nitrogens is 1. The van der Waals surface area contributed by atoms with Crippen molar-refractivity contribution in [1.29, 1.82) is 0 Å². The van der Waals surface area contributed by atoms with Crippen LogP contribution in [-0.2, 0) is 4.79 Å². The Morgan fingerprint density at radius 3 is 2.75 bits per heavy atom. The largest absolute Gasteiger partial charge is 0.478 e. The van der Waals surface area contributed by atoms with Gasteiger partial charge in [0.1, 0.15) is 5.75 Å². The highest BCUT2D eigenvalue weighted by molar-refractivity contribution is 7.11. The lowest BCUT2D eigenvalue weighted by molar-refractivity contribution is -0.126. The molecule has 0 N–H and O–H groups in total. The molecular weight excluding hydrogens is 320 g/mol. The minimum absolute atomic E-state index is 0.00340. The molecule has 1 amide bonds. The highest BCUT2D eigenvalue weighted by atomic mass is 32.1. The lowest BCUT2D eigenvalue weighted by Gasteiger charge is -2.34. The predicted octanol–water partition coefficient (Wildman–Crippen LogP) is 4.51. The average Bonchev–Trinajstić information content (AvgIpc) is 2.87. The molecule has 2 heterocycles. The van der Waals surface area contributed by atoms with E-state index in [4.69, 9.17) is 4.74 Å². The van der Waals surface area contributed by atoms with Crippen LogP contribution in [0.4, 0.5) is 5.69 Å². The number of benzene rings is 1. The topological polar surface area (TPSA) is 42.4 Å². The summed E-state index contributed by atoms with van der Waals surface area (Å²) in [6, 6.07) is 5.96. The predicted molar refractivity (Wildman–Crippen MR) is 98.9 cm³/mol. The summed E-state index contributed by atoms with van der Waals surface area (Å²) in [5.74, 6) is 0.743. The van der Waals surface area contributed by atoms with E-state index in [1.54, 1.807) is 16.2 Å². The van der Waals surface area contributed by atoms with Crippen LogP contribution in [0.25, 0.3) is 11.3 Å². The normalized spacial score (nSPS) is 16.8. The Kier molecular flexibility index (Phi) is 4.45. The van der Waals surface area contributed by atoms with Crippen molar-refractivity contribution < 1.29 is 9.53 Å². The molecular formula is C19H22N2O2S. The quantitative estimate of drug-likeness (QED) is 0.768. The van der Waals surface area contributed by atoms with Crippen molar-refractivity contribution in [2.75, 3.05) is 11.4 Å². The minimum Gasteiger partial charge on any atom is -0.478 e. The highest BCUT2D eigenvalue weighted by Gasteiger charge is 2.33. The molecule has 0 aliphatic carbocycles. The minimum atomic E-state index is -0.425. The Morgan fingerprint density at radius 2 is 2.17 bits per heavy atom. The Labute approximate surface area is 146 Å². The lowest BCUT2D eigenvalue weighted by Crippen LogP contribution is -2.46. The molecule has 4 nitrogen and oxygen atoms in total. The first-order valence-electron chi connectivity index (χ1n) is 8.11. The van der Waals surface area contributed by atoms with Gasteiger partial charge in [0.2, 0.25) is 0 Å². The molecule has 2 aromatic rings. The Bertz CT molecular complexity index is 810. The second-order valence-electron chi connectivity index (χ2n) is 6.22. The molecule has 1 aliphatic heterocycles. The summed E-state index contributed by atoms with van der Waals surface area (Å²) >= 11 is 1.68. The number of fused-ring (bicyclic) bond motifs is 1. The van der Waals surface area contributed by atoms with Crippen molar-refractivity contribution >= 4 is 22.9 Å². The van der Waals surface area contributed by atoms with E-state index in [0.29, 0.717) is 13.0 Å². The van der Waals surface area contributed by atoms with E-state index in [1.807, 2.05) is 39.0 Å². The number of amides is 1. The summed E-state index contributed by atoms with van der Waals surface area (Å²) < 4.78 is 5.89. The van der Waals surface area contributed by atoms with Crippen LogP contribution < -0.4 is 9.64 Å². The molecule has 0 saturated heterocycles. The smallest absolute Gasteiger partial charge is 0.268 e. The maximum Gasteiger partial charge on any atom is 0.268 e. The van der Waals surface area contributed by atoms with Crippen molar-refractivity contribution in [3.05, 3.63) is 40.2 Å². The lowest BCUT2D eigenvalue weighted by atomic mass is 10.1. The molecule has 126 valence electrons. The van der Waals surface area contributed by atoms with Gasteiger partial charge in [0.05, 0.1) is 16.4 Å². The summed E-state index contributed by atoms with van der Waals surface area (Å²) in [5, 5.41) is 1.04. The zero-order valence-electron chi connectivity index (χ0n) is 14.5. The summed E-state index contributed by atoms with van der Waals surface area (Å²) in [6.07, 6.45) is 0.225. The van der Waals surface area contributed by atoms with Gasteiger partial charge in [-0.3, -0.25) is 4.79 Å². The maximum absolute atomic E-state index is 12.7. The molecule has 1 unspecified atom stereocenters. The second-order valence-corrected chi connectivity index (χ2v) is 7.62. The number of aryl methyl sites for hydroxylation is 2. The monoisotopic (exact) mass is 342 g/mol. The van der Waals surface area contributed by atoms with Gasteiger partial charge >= 0.3 is 0 Å². The maximum atomic E-state index is 12.7. The fourth-order valence-electron chi connectivity index (χ4n) is 2.96. The van der Waals surface area contributed by atoms with E-state index in [2.05, 4.69) is 18.5 Å². The van der Waals surface area contributed by atoms with E-state index in [-0.39, 0.29) is 5.91 Å². The molecule has 0 bridgehead atoms. The molecule has 0 spiro atoms. The molecule has 5 heteroatoms. The fourth-order valence-corrected chi connectivity index (χ4v) is 3.80. The third-order valence-electron chi connectivity index (χ3n) is 4.04. The number of nitrogens with zero attached hydrogens (tertiary/aromatic N) is 2. The van der Waals surface area contributed by atoms with Crippen LogP contribution in [0.15, 0.2) is 30.4 Å². The molecule has 0 saturated carbocycles. The van der Waals surface area contributed by atoms with Gasteiger partial charge in [0, 0.05) is 17.0 Å². The van der Waals surface area contributed by atoms with Crippen molar-refractivity contribution in [2.24, 2.45) is 0 Å². The molecule has 1 atom stereocenters. The number of anilines is 1. The zero-order valence-corrected chi connectivity index (χ0v) is 15.4. The number of carbonyl (C=O) groups is 1. The number of thiazole rings is 1. The van der Waals surface area contributed by atoms with Gasteiger partial charge in [0.15, 0.2) is 6.10 Å². The van der Waals surface area contributed by atoms with Gasteiger partial charge in [-0.2, -0.15) is 0 Å².